The molecule has 1 aliphatic rings. The summed E-state index contributed by atoms with van der Waals surface area (Å²) < 4.78 is 0. The molecular formula is C14H22N2O3. The highest BCUT2D eigenvalue weighted by Crippen LogP contribution is 2.37. The van der Waals surface area contributed by atoms with Gasteiger partial charge >= 0.3 is 5.97 Å². The van der Waals surface area contributed by atoms with Gasteiger partial charge in [-0.05, 0) is 32.6 Å². The molecule has 0 spiro atoms. The summed E-state index contributed by atoms with van der Waals surface area (Å²) in [6, 6.07) is 2.11. The van der Waals surface area contributed by atoms with Crippen LogP contribution in [0.5, 0.6) is 0 Å². The van der Waals surface area contributed by atoms with E-state index in [1.54, 1.807) is 11.8 Å². The van der Waals surface area contributed by atoms with Crippen molar-refractivity contribution < 1.29 is 14.7 Å². The number of nitriles is 1. The summed E-state index contributed by atoms with van der Waals surface area (Å²) in [6.45, 7) is 6.50. The van der Waals surface area contributed by atoms with Gasteiger partial charge in [0.2, 0.25) is 5.91 Å². The first-order valence-electron chi connectivity index (χ1n) is 6.81. The third-order valence-electron chi connectivity index (χ3n) is 3.84. The standard InChI is InChI=1S/C14H22N2O3/c1-4-16(8-10(3)7-15)13(17)11-5-9(2)6-12(11)14(18)19/h9-12H,4-6,8H2,1-3H3,(H,18,19)/t9?,10?,11-,12+/m0/s1. The Morgan fingerprint density at radius 3 is 2.47 bits per heavy atom. The highest BCUT2D eigenvalue weighted by Gasteiger charge is 2.42. The molecule has 5 nitrogen and oxygen atoms in total. The van der Waals surface area contributed by atoms with Gasteiger partial charge in [-0.3, -0.25) is 9.59 Å². The third-order valence-corrected chi connectivity index (χ3v) is 3.84. The van der Waals surface area contributed by atoms with E-state index < -0.39 is 17.8 Å². The van der Waals surface area contributed by atoms with Gasteiger partial charge in [-0.25, -0.2) is 0 Å². The zero-order chi connectivity index (χ0) is 14.6. The van der Waals surface area contributed by atoms with Gasteiger partial charge < -0.3 is 10.0 Å². The van der Waals surface area contributed by atoms with Gasteiger partial charge in [-0.2, -0.15) is 5.26 Å². The summed E-state index contributed by atoms with van der Waals surface area (Å²) in [6.07, 6.45) is 1.20. The fraction of sp³-hybridized carbons (Fsp3) is 0.786. The second-order valence-corrected chi connectivity index (χ2v) is 5.53. The van der Waals surface area contributed by atoms with E-state index in [0.29, 0.717) is 25.9 Å². The van der Waals surface area contributed by atoms with E-state index in [2.05, 4.69) is 6.07 Å². The molecule has 4 atom stereocenters. The molecule has 0 aromatic rings. The molecule has 1 N–H and O–H groups in total. The maximum atomic E-state index is 12.4. The SMILES string of the molecule is CCN(CC(C)C#N)C(=O)[C@H]1CC(C)C[C@H]1C(=O)O. The van der Waals surface area contributed by atoms with Crippen molar-refractivity contribution in [3.05, 3.63) is 0 Å². The molecule has 1 saturated carbocycles. The van der Waals surface area contributed by atoms with E-state index in [1.165, 1.54) is 0 Å². The summed E-state index contributed by atoms with van der Waals surface area (Å²) in [4.78, 5) is 25.3. The quantitative estimate of drug-likeness (QED) is 0.821. The van der Waals surface area contributed by atoms with Crippen molar-refractivity contribution in [3.8, 4) is 6.07 Å². The highest BCUT2D eigenvalue weighted by atomic mass is 16.4. The fourth-order valence-corrected chi connectivity index (χ4v) is 2.82. The van der Waals surface area contributed by atoms with E-state index in [0.717, 1.165) is 0 Å². The number of carboxylic acids is 1. The van der Waals surface area contributed by atoms with Crippen LogP contribution in [-0.4, -0.2) is 35.0 Å². The number of hydrogen-bond acceptors (Lipinski definition) is 3. The molecule has 1 rings (SSSR count). The Morgan fingerprint density at radius 1 is 1.42 bits per heavy atom. The summed E-state index contributed by atoms with van der Waals surface area (Å²) in [5.74, 6) is -1.96. The second kappa shape index (κ2) is 6.55. The molecule has 1 amide bonds. The van der Waals surface area contributed by atoms with E-state index in [9.17, 15) is 14.7 Å². The maximum absolute atomic E-state index is 12.4. The van der Waals surface area contributed by atoms with Crippen LogP contribution in [0.4, 0.5) is 0 Å². The smallest absolute Gasteiger partial charge is 0.307 e. The molecule has 5 heteroatoms. The van der Waals surface area contributed by atoms with Gasteiger partial charge in [0, 0.05) is 13.1 Å². The van der Waals surface area contributed by atoms with Gasteiger partial charge in [-0.1, -0.05) is 6.92 Å². The summed E-state index contributed by atoms with van der Waals surface area (Å²) in [5, 5.41) is 18.0. The third kappa shape index (κ3) is 3.69. The number of nitrogens with zero attached hydrogens (tertiary/aromatic N) is 2. The second-order valence-electron chi connectivity index (χ2n) is 5.53. The highest BCUT2D eigenvalue weighted by molar-refractivity contribution is 5.85. The lowest BCUT2D eigenvalue weighted by Crippen LogP contribution is -2.41. The number of amides is 1. The van der Waals surface area contributed by atoms with Crippen molar-refractivity contribution in [2.24, 2.45) is 23.7 Å². The van der Waals surface area contributed by atoms with Crippen molar-refractivity contribution in [2.45, 2.75) is 33.6 Å². The molecular weight excluding hydrogens is 244 g/mol. The average molecular weight is 266 g/mol. The van der Waals surface area contributed by atoms with Crippen LogP contribution in [0, 0.1) is 35.0 Å². The van der Waals surface area contributed by atoms with Crippen LogP contribution in [0.1, 0.15) is 33.6 Å². The van der Waals surface area contributed by atoms with Crippen molar-refractivity contribution in [1.82, 2.24) is 4.90 Å². The van der Waals surface area contributed by atoms with E-state index in [4.69, 9.17) is 5.26 Å². The summed E-state index contributed by atoms with van der Waals surface area (Å²) >= 11 is 0. The Bertz CT molecular complexity index is 389. The first-order valence-corrected chi connectivity index (χ1v) is 6.81. The molecule has 0 heterocycles. The predicted molar refractivity (Wildman–Crippen MR) is 70.0 cm³/mol. The lowest BCUT2D eigenvalue weighted by atomic mass is 9.94. The van der Waals surface area contributed by atoms with Crippen molar-refractivity contribution >= 4 is 11.9 Å². The van der Waals surface area contributed by atoms with Crippen LogP contribution in [0.15, 0.2) is 0 Å². The van der Waals surface area contributed by atoms with Crippen molar-refractivity contribution in [2.75, 3.05) is 13.1 Å². The molecule has 0 aliphatic heterocycles. The van der Waals surface area contributed by atoms with E-state index >= 15 is 0 Å². The van der Waals surface area contributed by atoms with Crippen LogP contribution >= 0.6 is 0 Å². The Hall–Kier alpha value is -1.57. The normalized spacial score (nSPS) is 27.6. The predicted octanol–water partition coefficient (Wildman–Crippen LogP) is 1.74. The largest absolute Gasteiger partial charge is 0.481 e. The lowest BCUT2D eigenvalue weighted by Gasteiger charge is -2.27. The molecule has 0 radical (unpaired) electrons. The minimum Gasteiger partial charge on any atom is -0.481 e. The summed E-state index contributed by atoms with van der Waals surface area (Å²) in [5.41, 5.74) is 0. The first kappa shape index (κ1) is 15.5. The van der Waals surface area contributed by atoms with Crippen LogP contribution in [0.25, 0.3) is 0 Å². The molecule has 1 aliphatic carbocycles. The minimum atomic E-state index is -0.882. The van der Waals surface area contributed by atoms with Gasteiger partial charge in [0.05, 0.1) is 23.8 Å². The zero-order valence-electron chi connectivity index (χ0n) is 11.8. The number of rotatable bonds is 5. The Labute approximate surface area is 114 Å². The molecule has 0 aromatic heterocycles. The molecule has 19 heavy (non-hydrogen) atoms. The molecule has 0 bridgehead atoms. The Morgan fingerprint density at radius 2 is 2.00 bits per heavy atom. The summed E-state index contributed by atoms with van der Waals surface area (Å²) in [7, 11) is 0. The first-order chi connectivity index (χ1) is 8.90. The molecule has 0 aromatic carbocycles. The number of carbonyl (C=O) groups excluding carboxylic acids is 1. The average Bonchev–Trinajstić information content (AvgIpc) is 2.77. The van der Waals surface area contributed by atoms with Crippen molar-refractivity contribution in [1.29, 1.82) is 5.26 Å². The fourth-order valence-electron chi connectivity index (χ4n) is 2.82. The van der Waals surface area contributed by atoms with Gasteiger partial charge in [0.25, 0.3) is 0 Å². The number of hydrogen-bond donors (Lipinski definition) is 1. The van der Waals surface area contributed by atoms with Gasteiger partial charge in [0.15, 0.2) is 0 Å². The number of carboxylic acid groups (broad SMARTS) is 1. The number of carbonyl (C=O) groups is 2. The van der Waals surface area contributed by atoms with E-state index in [1.807, 2.05) is 13.8 Å². The molecule has 1 fully saturated rings. The Kier molecular flexibility index (Phi) is 5.34. The van der Waals surface area contributed by atoms with Crippen LogP contribution in [0.2, 0.25) is 0 Å². The van der Waals surface area contributed by atoms with Crippen LogP contribution in [0.3, 0.4) is 0 Å². The van der Waals surface area contributed by atoms with E-state index in [-0.39, 0.29) is 17.7 Å². The topological polar surface area (TPSA) is 81.4 Å². The van der Waals surface area contributed by atoms with Crippen LogP contribution < -0.4 is 0 Å². The molecule has 0 saturated heterocycles. The van der Waals surface area contributed by atoms with Crippen LogP contribution in [-0.2, 0) is 9.59 Å². The number of aliphatic carboxylic acids is 1. The maximum Gasteiger partial charge on any atom is 0.307 e. The molecule has 106 valence electrons. The Balaban J connectivity index is 2.79. The van der Waals surface area contributed by atoms with Gasteiger partial charge in [-0.15, -0.1) is 0 Å². The molecule has 2 unspecified atom stereocenters. The lowest BCUT2D eigenvalue weighted by molar-refractivity contribution is -0.149. The minimum absolute atomic E-state index is 0.110. The van der Waals surface area contributed by atoms with Gasteiger partial charge in [0.1, 0.15) is 0 Å². The van der Waals surface area contributed by atoms with Crippen molar-refractivity contribution in [3.63, 3.8) is 0 Å². The monoisotopic (exact) mass is 266 g/mol. The zero-order valence-corrected chi connectivity index (χ0v) is 11.8.